The van der Waals surface area contributed by atoms with Crippen molar-refractivity contribution in [1.29, 1.82) is 0 Å². The topological polar surface area (TPSA) is 55.1 Å². The van der Waals surface area contributed by atoms with Crippen LogP contribution in [0.15, 0.2) is 39.3 Å². The van der Waals surface area contributed by atoms with E-state index in [1.165, 1.54) is 0 Å². The number of nitrogens with one attached hydrogen (secondary N) is 1. The van der Waals surface area contributed by atoms with Crippen molar-refractivity contribution in [2.75, 3.05) is 11.1 Å². The normalized spacial score (nSPS) is 10.4. The van der Waals surface area contributed by atoms with Crippen LogP contribution in [0, 0.1) is 0 Å². The standard InChI is InChI=1S/C13H8Br2Cl2N2O/c14-7-2-1-6(5-9(7)18)13(20)19-10-4-3-8(15)11(16)12(10)17/h1-5H,18H2,(H,19,20). The second kappa shape index (κ2) is 6.35. The molecule has 104 valence electrons. The van der Waals surface area contributed by atoms with E-state index >= 15 is 0 Å². The molecule has 0 aliphatic rings. The molecule has 0 aliphatic carbocycles. The van der Waals surface area contributed by atoms with E-state index in [-0.39, 0.29) is 10.9 Å². The summed E-state index contributed by atoms with van der Waals surface area (Å²) in [6.07, 6.45) is 0. The van der Waals surface area contributed by atoms with Crippen molar-refractivity contribution >= 4 is 72.3 Å². The Bertz CT molecular complexity index is 692. The second-order valence-corrected chi connectivity index (χ2v) is 6.38. The van der Waals surface area contributed by atoms with Gasteiger partial charge in [-0.3, -0.25) is 4.79 Å². The van der Waals surface area contributed by atoms with Crippen molar-refractivity contribution in [2.45, 2.75) is 0 Å². The highest BCUT2D eigenvalue weighted by Gasteiger charge is 2.13. The molecule has 0 aromatic heterocycles. The molecule has 0 unspecified atom stereocenters. The minimum absolute atomic E-state index is 0.277. The zero-order chi connectivity index (χ0) is 14.9. The van der Waals surface area contributed by atoms with Crippen LogP contribution < -0.4 is 11.1 Å². The third-order valence-corrected chi connectivity index (χ3v) is 5.03. The van der Waals surface area contributed by atoms with Crippen LogP contribution in [0.4, 0.5) is 11.4 Å². The lowest BCUT2D eigenvalue weighted by atomic mass is 10.2. The van der Waals surface area contributed by atoms with Gasteiger partial charge in [-0.15, -0.1) is 0 Å². The molecule has 2 rings (SSSR count). The second-order valence-electron chi connectivity index (χ2n) is 3.91. The van der Waals surface area contributed by atoms with Crippen molar-refractivity contribution in [3.8, 4) is 0 Å². The average molecular weight is 439 g/mol. The van der Waals surface area contributed by atoms with Gasteiger partial charge in [-0.25, -0.2) is 0 Å². The van der Waals surface area contributed by atoms with Gasteiger partial charge in [0.25, 0.3) is 5.91 Å². The van der Waals surface area contributed by atoms with E-state index in [2.05, 4.69) is 37.2 Å². The largest absolute Gasteiger partial charge is 0.398 e. The van der Waals surface area contributed by atoms with E-state index in [4.69, 9.17) is 28.9 Å². The lowest BCUT2D eigenvalue weighted by Crippen LogP contribution is -2.12. The Morgan fingerprint density at radius 3 is 2.35 bits per heavy atom. The molecule has 0 saturated heterocycles. The summed E-state index contributed by atoms with van der Waals surface area (Å²) in [6, 6.07) is 8.32. The first-order valence-corrected chi connectivity index (χ1v) is 7.74. The summed E-state index contributed by atoms with van der Waals surface area (Å²) in [5, 5.41) is 3.32. The number of hydrogen-bond acceptors (Lipinski definition) is 2. The lowest BCUT2D eigenvalue weighted by Gasteiger charge is -2.10. The molecule has 1 amide bonds. The lowest BCUT2D eigenvalue weighted by molar-refractivity contribution is 0.102. The molecule has 2 aromatic rings. The van der Waals surface area contributed by atoms with Gasteiger partial charge in [0.2, 0.25) is 0 Å². The Kier molecular flexibility index (Phi) is 4.96. The van der Waals surface area contributed by atoms with E-state index in [0.29, 0.717) is 26.4 Å². The average Bonchev–Trinajstić information content (AvgIpc) is 2.42. The minimum Gasteiger partial charge on any atom is -0.398 e. The molecule has 2 aromatic carbocycles. The maximum absolute atomic E-state index is 12.1. The Morgan fingerprint density at radius 2 is 1.70 bits per heavy atom. The Balaban J connectivity index is 2.28. The van der Waals surface area contributed by atoms with Crippen molar-refractivity contribution in [2.24, 2.45) is 0 Å². The summed E-state index contributed by atoms with van der Waals surface area (Å²) in [5.74, 6) is -0.315. The smallest absolute Gasteiger partial charge is 0.255 e. The quantitative estimate of drug-likeness (QED) is 0.490. The fourth-order valence-electron chi connectivity index (χ4n) is 1.50. The van der Waals surface area contributed by atoms with Crippen LogP contribution in [0.25, 0.3) is 0 Å². The number of nitrogen functional groups attached to an aromatic ring is 1. The molecule has 0 atom stereocenters. The molecule has 0 radical (unpaired) electrons. The SMILES string of the molecule is Nc1cc(C(=O)Nc2ccc(Br)c(Cl)c2Cl)ccc1Br. The van der Waals surface area contributed by atoms with Gasteiger partial charge in [0, 0.05) is 20.2 Å². The number of carbonyl (C=O) groups excluding carboxylic acids is 1. The third kappa shape index (κ3) is 3.28. The van der Waals surface area contributed by atoms with E-state index in [1.54, 1.807) is 30.3 Å². The predicted molar refractivity (Wildman–Crippen MR) is 90.7 cm³/mol. The zero-order valence-corrected chi connectivity index (χ0v) is 14.6. The fourth-order valence-corrected chi connectivity index (χ4v) is 2.57. The molecule has 0 bridgehead atoms. The monoisotopic (exact) mass is 436 g/mol. The number of anilines is 2. The number of carbonyl (C=O) groups is 1. The van der Waals surface area contributed by atoms with E-state index in [1.807, 2.05) is 0 Å². The van der Waals surface area contributed by atoms with Gasteiger partial charge in [0.15, 0.2) is 0 Å². The van der Waals surface area contributed by atoms with Crippen LogP contribution >= 0.6 is 55.1 Å². The van der Waals surface area contributed by atoms with Crippen LogP contribution in [0.3, 0.4) is 0 Å². The molecular weight excluding hydrogens is 431 g/mol. The molecule has 0 spiro atoms. The van der Waals surface area contributed by atoms with Crippen LogP contribution in [0.5, 0.6) is 0 Å². The number of hydrogen-bond donors (Lipinski definition) is 2. The molecular formula is C13H8Br2Cl2N2O. The van der Waals surface area contributed by atoms with Gasteiger partial charge in [-0.05, 0) is 62.2 Å². The first kappa shape index (κ1) is 15.6. The van der Waals surface area contributed by atoms with Crippen LogP contribution in [-0.2, 0) is 0 Å². The minimum atomic E-state index is -0.315. The molecule has 0 saturated carbocycles. The predicted octanol–water partition coefficient (Wildman–Crippen LogP) is 5.35. The van der Waals surface area contributed by atoms with E-state index < -0.39 is 0 Å². The summed E-state index contributed by atoms with van der Waals surface area (Å²) in [6.45, 7) is 0. The van der Waals surface area contributed by atoms with Crippen molar-refractivity contribution in [3.63, 3.8) is 0 Å². The maximum atomic E-state index is 12.1. The first-order valence-electron chi connectivity index (χ1n) is 5.40. The molecule has 0 aliphatic heterocycles. The van der Waals surface area contributed by atoms with E-state index in [9.17, 15) is 4.79 Å². The Labute approximate surface area is 142 Å². The summed E-state index contributed by atoms with van der Waals surface area (Å²) in [7, 11) is 0. The molecule has 7 heteroatoms. The zero-order valence-electron chi connectivity index (χ0n) is 9.88. The highest BCUT2D eigenvalue weighted by atomic mass is 79.9. The van der Waals surface area contributed by atoms with Crippen molar-refractivity contribution < 1.29 is 4.79 Å². The van der Waals surface area contributed by atoms with Crippen LogP contribution in [0.2, 0.25) is 10.0 Å². The summed E-state index contributed by atoms with van der Waals surface area (Å²) in [4.78, 5) is 12.1. The summed E-state index contributed by atoms with van der Waals surface area (Å²) in [5.41, 5.74) is 7.10. The van der Waals surface area contributed by atoms with Crippen LogP contribution in [0.1, 0.15) is 10.4 Å². The number of amides is 1. The summed E-state index contributed by atoms with van der Waals surface area (Å²) < 4.78 is 1.40. The molecule has 0 fully saturated rings. The number of benzene rings is 2. The number of halogens is 4. The molecule has 3 nitrogen and oxygen atoms in total. The maximum Gasteiger partial charge on any atom is 0.255 e. The van der Waals surface area contributed by atoms with E-state index in [0.717, 1.165) is 4.47 Å². The number of nitrogens with two attached hydrogens (primary N) is 1. The highest BCUT2D eigenvalue weighted by Crippen LogP contribution is 2.36. The Hall–Kier alpha value is -0.750. The highest BCUT2D eigenvalue weighted by molar-refractivity contribution is 9.11. The fraction of sp³-hybridized carbons (Fsp3) is 0. The molecule has 0 heterocycles. The van der Waals surface area contributed by atoms with Crippen molar-refractivity contribution in [1.82, 2.24) is 0 Å². The van der Waals surface area contributed by atoms with Gasteiger partial charge in [0.1, 0.15) is 0 Å². The van der Waals surface area contributed by atoms with Gasteiger partial charge < -0.3 is 11.1 Å². The molecule has 20 heavy (non-hydrogen) atoms. The Morgan fingerprint density at radius 1 is 1.05 bits per heavy atom. The third-order valence-electron chi connectivity index (χ3n) is 2.54. The van der Waals surface area contributed by atoms with Crippen molar-refractivity contribution in [3.05, 3.63) is 54.9 Å². The van der Waals surface area contributed by atoms with Gasteiger partial charge >= 0.3 is 0 Å². The van der Waals surface area contributed by atoms with Crippen LogP contribution in [-0.4, -0.2) is 5.91 Å². The molecule has 3 N–H and O–H groups in total. The first-order chi connectivity index (χ1) is 9.40. The summed E-state index contributed by atoms with van der Waals surface area (Å²) >= 11 is 18.6. The van der Waals surface area contributed by atoms with Gasteiger partial charge in [0.05, 0.1) is 15.7 Å². The number of rotatable bonds is 2. The van der Waals surface area contributed by atoms with Gasteiger partial charge in [-0.1, -0.05) is 23.2 Å². The van der Waals surface area contributed by atoms with Gasteiger partial charge in [-0.2, -0.15) is 0 Å².